The fourth-order valence-corrected chi connectivity index (χ4v) is 7.60. The van der Waals surface area contributed by atoms with Crippen molar-refractivity contribution < 1.29 is 8.42 Å². The van der Waals surface area contributed by atoms with Crippen LogP contribution in [0, 0.1) is 24.2 Å². The molecule has 2 fully saturated rings. The van der Waals surface area contributed by atoms with Crippen LogP contribution in [0.15, 0.2) is 41.8 Å². The zero-order chi connectivity index (χ0) is 14.1. The molecule has 2 nitrogen and oxygen atoms in total. The normalized spacial score (nSPS) is 39.5. The molecule has 0 heterocycles. The van der Waals surface area contributed by atoms with E-state index in [0.717, 1.165) is 12.0 Å². The third-order valence-electron chi connectivity index (χ3n) is 5.65. The summed E-state index contributed by atoms with van der Waals surface area (Å²) in [6, 6.07) is 7.24. The minimum atomic E-state index is -3.23. The first-order chi connectivity index (χ1) is 8.87. The van der Waals surface area contributed by atoms with Crippen molar-refractivity contribution in [2.45, 2.75) is 36.8 Å². The molecule has 0 saturated heterocycles. The highest BCUT2D eigenvalue weighted by Gasteiger charge is 2.98. The van der Waals surface area contributed by atoms with Gasteiger partial charge < -0.3 is 0 Å². The smallest absolute Gasteiger partial charge is 0.185 e. The van der Waals surface area contributed by atoms with Gasteiger partial charge in [0.05, 0.1) is 9.64 Å². The van der Waals surface area contributed by atoms with E-state index in [0.29, 0.717) is 4.90 Å². The second-order valence-electron chi connectivity index (χ2n) is 6.09. The predicted octanol–water partition coefficient (Wildman–Crippen LogP) is 3.37. The van der Waals surface area contributed by atoms with Crippen molar-refractivity contribution in [2.75, 3.05) is 0 Å². The maximum Gasteiger partial charge on any atom is 0.185 e. The Hall–Kier alpha value is -1.09. The molecule has 2 saturated carbocycles. The zero-order valence-electron chi connectivity index (χ0n) is 11.7. The number of fused-ring (bicyclic) bond motifs is 1. The summed E-state index contributed by atoms with van der Waals surface area (Å²) >= 11 is 0. The van der Waals surface area contributed by atoms with Crippen molar-refractivity contribution in [3.63, 3.8) is 0 Å². The highest BCUT2D eigenvalue weighted by molar-refractivity contribution is 7.93. The van der Waals surface area contributed by atoms with E-state index in [1.807, 2.05) is 25.1 Å². The molecule has 2 aliphatic carbocycles. The quantitative estimate of drug-likeness (QED) is 0.790. The summed E-state index contributed by atoms with van der Waals surface area (Å²) in [5.41, 5.74) is 1.04. The van der Waals surface area contributed by atoms with E-state index in [9.17, 15) is 8.42 Å². The Morgan fingerprint density at radius 2 is 1.74 bits per heavy atom. The van der Waals surface area contributed by atoms with Gasteiger partial charge in [-0.3, -0.25) is 0 Å². The van der Waals surface area contributed by atoms with Gasteiger partial charge in [-0.1, -0.05) is 37.6 Å². The molecule has 0 radical (unpaired) electrons. The minimum absolute atomic E-state index is 0.0432. The minimum Gasteiger partial charge on any atom is -0.223 e. The van der Waals surface area contributed by atoms with Crippen LogP contribution in [-0.2, 0) is 9.84 Å². The molecule has 3 heteroatoms. The molecule has 2 aliphatic rings. The number of allylic oxidation sites excluding steroid dienone is 1. The first-order valence-electron chi connectivity index (χ1n) is 6.79. The summed E-state index contributed by atoms with van der Waals surface area (Å²) in [5.74, 6) is 0.499. The van der Waals surface area contributed by atoms with Crippen LogP contribution in [0.4, 0.5) is 0 Å². The highest BCUT2D eigenvalue weighted by Crippen LogP contribution is 2.92. The van der Waals surface area contributed by atoms with Crippen molar-refractivity contribution in [1.29, 1.82) is 0 Å². The van der Waals surface area contributed by atoms with Gasteiger partial charge in [0.25, 0.3) is 0 Å². The molecule has 0 amide bonds. The van der Waals surface area contributed by atoms with Gasteiger partial charge in [0.2, 0.25) is 0 Å². The van der Waals surface area contributed by atoms with Gasteiger partial charge in [0, 0.05) is 5.41 Å². The van der Waals surface area contributed by atoms with Crippen molar-refractivity contribution in [2.24, 2.45) is 17.3 Å². The maximum absolute atomic E-state index is 12.9. The monoisotopic (exact) mass is 276 g/mol. The van der Waals surface area contributed by atoms with Gasteiger partial charge in [-0.2, -0.15) is 0 Å². The number of aryl methyl sites for hydroxylation is 1. The lowest BCUT2D eigenvalue weighted by molar-refractivity contribution is 0.423. The molecule has 0 unspecified atom stereocenters. The summed E-state index contributed by atoms with van der Waals surface area (Å²) in [6.45, 7) is 9.88. The molecule has 0 aromatic heterocycles. The van der Waals surface area contributed by atoms with Crippen LogP contribution in [0.5, 0.6) is 0 Å². The van der Waals surface area contributed by atoms with E-state index < -0.39 is 14.6 Å². The second-order valence-corrected chi connectivity index (χ2v) is 8.24. The molecular weight excluding hydrogens is 256 g/mol. The second kappa shape index (κ2) is 3.51. The van der Waals surface area contributed by atoms with E-state index in [2.05, 4.69) is 20.4 Å². The molecule has 0 bridgehead atoms. The Balaban J connectivity index is 2.04. The number of hydrogen-bond donors (Lipinski definition) is 0. The number of benzene rings is 1. The van der Waals surface area contributed by atoms with E-state index in [1.165, 1.54) is 0 Å². The molecule has 3 rings (SSSR count). The molecule has 102 valence electrons. The van der Waals surface area contributed by atoms with E-state index >= 15 is 0 Å². The van der Waals surface area contributed by atoms with Crippen LogP contribution in [0.25, 0.3) is 0 Å². The number of hydrogen-bond acceptors (Lipinski definition) is 2. The van der Waals surface area contributed by atoms with Gasteiger partial charge in [-0.15, -0.1) is 6.58 Å². The first-order valence-corrected chi connectivity index (χ1v) is 8.28. The van der Waals surface area contributed by atoms with Crippen LogP contribution in [0.3, 0.4) is 0 Å². The molecule has 2 atom stereocenters. The van der Waals surface area contributed by atoms with E-state index in [-0.39, 0.29) is 17.3 Å². The molecule has 1 aromatic rings. The summed E-state index contributed by atoms with van der Waals surface area (Å²) in [5, 5.41) is 0. The fourth-order valence-electron chi connectivity index (χ4n) is 4.55. The van der Waals surface area contributed by atoms with Crippen molar-refractivity contribution in [1.82, 2.24) is 0 Å². The third kappa shape index (κ3) is 1.16. The molecule has 19 heavy (non-hydrogen) atoms. The average molecular weight is 276 g/mol. The number of rotatable bonds is 4. The van der Waals surface area contributed by atoms with Crippen LogP contribution < -0.4 is 0 Å². The summed E-state index contributed by atoms with van der Waals surface area (Å²) in [7, 11) is -3.23. The standard InChI is InChI=1S/C16H20O2S/c1-5-10-15-12(3)16(15,13(15)4)19(17,18)14-8-6-11(2)7-9-14/h5-9,12-13H,1,10H2,2-4H3/t12-,13-,15?,16?/m1/s1. The predicted molar refractivity (Wildman–Crippen MR) is 76.7 cm³/mol. The SMILES string of the molecule is C=CCC12[C@@H](C)C1(S(=O)(=O)c1ccc(C)cc1)[C@@H]2C. The lowest BCUT2D eigenvalue weighted by Gasteiger charge is -2.15. The van der Waals surface area contributed by atoms with Crippen molar-refractivity contribution >= 4 is 9.84 Å². The first kappa shape index (κ1) is 12.9. The molecule has 1 aromatic carbocycles. The molecule has 0 N–H and O–H groups in total. The van der Waals surface area contributed by atoms with Gasteiger partial charge in [0.15, 0.2) is 9.84 Å². The Morgan fingerprint density at radius 1 is 1.21 bits per heavy atom. The van der Waals surface area contributed by atoms with Crippen molar-refractivity contribution in [3.05, 3.63) is 42.5 Å². The third-order valence-corrected chi connectivity index (χ3v) is 8.52. The fraction of sp³-hybridized carbons (Fsp3) is 0.500. The Labute approximate surface area is 115 Å². The topological polar surface area (TPSA) is 34.1 Å². The molecule has 0 spiro atoms. The molecular formula is C16H20O2S. The van der Waals surface area contributed by atoms with Gasteiger partial charge >= 0.3 is 0 Å². The Bertz CT molecular complexity index is 630. The largest absolute Gasteiger partial charge is 0.223 e. The lowest BCUT2D eigenvalue weighted by Crippen LogP contribution is -2.22. The summed E-state index contributed by atoms with van der Waals surface area (Å²) < 4.78 is 25.3. The van der Waals surface area contributed by atoms with Crippen molar-refractivity contribution in [3.8, 4) is 0 Å². The lowest BCUT2D eigenvalue weighted by atomic mass is 9.96. The Kier molecular flexibility index (Phi) is 2.39. The number of sulfone groups is 1. The van der Waals surface area contributed by atoms with Gasteiger partial charge in [0.1, 0.15) is 0 Å². The van der Waals surface area contributed by atoms with Crippen LogP contribution >= 0.6 is 0 Å². The maximum atomic E-state index is 12.9. The highest BCUT2D eigenvalue weighted by atomic mass is 32.2. The van der Waals surface area contributed by atoms with Gasteiger partial charge in [-0.05, 0) is 37.3 Å². The van der Waals surface area contributed by atoms with Gasteiger partial charge in [-0.25, -0.2) is 8.42 Å². The summed E-state index contributed by atoms with van der Waals surface area (Å²) in [6.07, 6.45) is 2.67. The molecule has 0 aliphatic heterocycles. The van der Waals surface area contributed by atoms with Crippen LogP contribution in [0.2, 0.25) is 0 Å². The van der Waals surface area contributed by atoms with Crippen LogP contribution in [0.1, 0.15) is 25.8 Å². The Morgan fingerprint density at radius 3 is 2.21 bits per heavy atom. The van der Waals surface area contributed by atoms with E-state index in [1.54, 1.807) is 12.1 Å². The van der Waals surface area contributed by atoms with E-state index in [4.69, 9.17) is 0 Å². The zero-order valence-corrected chi connectivity index (χ0v) is 12.5. The average Bonchev–Trinajstić information content (AvgIpc) is 3.14. The summed E-state index contributed by atoms with van der Waals surface area (Å²) in [4.78, 5) is 0.472. The van der Waals surface area contributed by atoms with Crippen LogP contribution in [-0.4, -0.2) is 13.2 Å².